The third-order valence-electron chi connectivity index (χ3n) is 2.82. The van der Waals surface area contributed by atoms with Crippen LogP contribution in [0.4, 0.5) is 35.5 Å². The highest BCUT2D eigenvalue weighted by Crippen LogP contribution is 2.35. The van der Waals surface area contributed by atoms with E-state index < -0.39 is 31.3 Å². The van der Waals surface area contributed by atoms with Crippen molar-refractivity contribution in [2.45, 2.75) is 38.3 Å². The first-order valence-corrected chi connectivity index (χ1v) is 7.22. The number of nitrogens with two attached hydrogens (primary N) is 1. The minimum Gasteiger partial charge on any atom is -0.351 e. The number of primary amides is 1. The first-order chi connectivity index (χ1) is 12.2. The number of rotatable bonds is 4. The molecule has 0 radical (unpaired) electrons. The molecule has 0 fully saturated rings. The van der Waals surface area contributed by atoms with Crippen LogP contribution in [0.1, 0.15) is 24.2 Å². The van der Waals surface area contributed by atoms with Gasteiger partial charge in [-0.15, -0.1) is 0 Å². The molecule has 5 nitrogen and oxygen atoms in total. The maximum absolute atomic E-state index is 11.9. The van der Waals surface area contributed by atoms with Gasteiger partial charge in [0.25, 0.3) is 12.0 Å². The monoisotopic (exact) mass is 406 g/mol. The summed E-state index contributed by atoms with van der Waals surface area (Å²) < 4.78 is 82.3. The van der Waals surface area contributed by atoms with E-state index in [9.17, 15) is 40.3 Å². The van der Waals surface area contributed by atoms with Crippen molar-refractivity contribution in [2.24, 2.45) is 5.73 Å². The van der Waals surface area contributed by atoms with Crippen LogP contribution in [0, 0.1) is 0 Å². The molecule has 0 heterocycles. The van der Waals surface area contributed by atoms with Crippen molar-refractivity contribution < 1.29 is 45.1 Å². The molecule has 2 N–H and O–H groups in total. The van der Waals surface area contributed by atoms with Crippen molar-refractivity contribution >= 4 is 11.9 Å². The molecule has 0 aromatic heterocycles. The van der Waals surface area contributed by atoms with Gasteiger partial charge in [0.1, 0.15) is 0 Å². The number of ether oxygens (including phenoxy) is 1. The van der Waals surface area contributed by atoms with Gasteiger partial charge in [-0.05, 0) is 26.0 Å². The number of carbonyl (C=O) groups is 2. The lowest BCUT2D eigenvalue weighted by molar-refractivity contribution is -0.327. The summed E-state index contributed by atoms with van der Waals surface area (Å²) in [7, 11) is 0. The lowest BCUT2D eigenvalue weighted by Crippen LogP contribution is -2.45. The summed E-state index contributed by atoms with van der Waals surface area (Å²) >= 11 is 0. The molecule has 0 bridgehead atoms. The fourth-order valence-electron chi connectivity index (χ4n) is 1.75. The van der Waals surface area contributed by atoms with Gasteiger partial charge >= 0.3 is 18.4 Å². The van der Waals surface area contributed by atoms with E-state index in [1.54, 1.807) is 44.2 Å². The molecule has 0 spiro atoms. The number of alkyl halides is 7. The molecule has 0 unspecified atom stereocenters. The van der Waals surface area contributed by atoms with Gasteiger partial charge in [0.2, 0.25) is 0 Å². The molecule has 0 saturated heterocycles. The normalized spacial score (nSPS) is 11.8. The molecule has 27 heavy (non-hydrogen) atoms. The van der Waals surface area contributed by atoms with E-state index in [0.717, 1.165) is 4.90 Å². The summed E-state index contributed by atoms with van der Waals surface area (Å²) in [5, 5.41) is 0. The van der Waals surface area contributed by atoms with Crippen LogP contribution in [0.25, 0.3) is 0 Å². The number of benzene rings is 1. The number of hydrogen-bond acceptors (Lipinski definition) is 3. The summed E-state index contributed by atoms with van der Waals surface area (Å²) in [5.41, 5.74) is 5.61. The van der Waals surface area contributed by atoms with Crippen molar-refractivity contribution in [1.29, 1.82) is 0 Å². The van der Waals surface area contributed by atoms with Crippen LogP contribution >= 0.6 is 0 Å². The fraction of sp³-hybridized carbons (Fsp3) is 0.467. The predicted molar refractivity (Wildman–Crippen MR) is 80.3 cm³/mol. The van der Waals surface area contributed by atoms with Gasteiger partial charge in [0.15, 0.2) is 6.86 Å². The summed E-state index contributed by atoms with van der Waals surface area (Å²) in [6, 6.07) is 7.63. The van der Waals surface area contributed by atoms with Crippen LogP contribution in [-0.2, 0) is 4.74 Å². The Morgan fingerprint density at radius 2 is 1.48 bits per heavy atom. The highest BCUT2D eigenvalue weighted by Gasteiger charge is 2.58. The van der Waals surface area contributed by atoms with Crippen molar-refractivity contribution in [1.82, 2.24) is 4.90 Å². The van der Waals surface area contributed by atoms with E-state index in [1.807, 2.05) is 0 Å². The molecule has 0 atom stereocenters. The van der Waals surface area contributed by atoms with Crippen LogP contribution in [0.3, 0.4) is 0 Å². The van der Waals surface area contributed by atoms with E-state index >= 15 is 0 Å². The second kappa shape index (κ2) is 10.1. The van der Waals surface area contributed by atoms with Gasteiger partial charge in [-0.2, -0.15) is 26.3 Å². The van der Waals surface area contributed by atoms with Crippen LogP contribution < -0.4 is 5.73 Å². The Labute approximate surface area is 149 Å². The third-order valence-corrected chi connectivity index (χ3v) is 2.82. The largest absolute Gasteiger partial charge is 0.423 e. The van der Waals surface area contributed by atoms with Crippen LogP contribution in [-0.4, -0.2) is 48.2 Å². The topological polar surface area (TPSA) is 72.6 Å². The second-order valence-electron chi connectivity index (χ2n) is 5.21. The molecule has 12 heteroatoms. The summed E-state index contributed by atoms with van der Waals surface area (Å²) in [5.74, 6) is -0.363. The molecular formula is C15H17F7N2O3. The number of carbonyl (C=O) groups excluding carboxylic acids is 2. The van der Waals surface area contributed by atoms with E-state index in [2.05, 4.69) is 4.74 Å². The molecule has 0 saturated carbocycles. The lowest BCUT2D eigenvalue weighted by Gasteiger charge is -2.22. The van der Waals surface area contributed by atoms with E-state index in [-0.39, 0.29) is 11.9 Å². The van der Waals surface area contributed by atoms with Crippen molar-refractivity contribution in [3.05, 3.63) is 35.9 Å². The van der Waals surface area contributed by atoms with E-state index in [4.69, 9.17) is 5.73 Å². The molecule has 1 rings (SSSR count). The van der Waals surface area contributed by atoms with Crippen LogP contribution in [0.15, 0.2) is 30.3 Å². The summed E-state index contributed by atoms with van der Waals surface area (Å²) in [6.45, 7) is 1.35. The highest BCUT2D eigenvalue weighted by molar-refractivity contribution is 6.04. The molecule has 0 aliphatic carbocycles. The van der Waals surface area contributed by atoms with Gasteiger partial charge in [-0.1, -0.05) is 18.2 Å². The average Bonchev–Trinajstić information content (AvgIpc) is 2.51. The smallest absolute Gasteiger partial charge is 0.351 e. The van der Waals surface area contributed by atoms with Gasteiger partial charge in [0.05, 0.1) is 0 Å². The quantitative estimate of drug-likeness (QED) is 0.768. The summed E-state index contributed by atoms with van der Waals surface area (Å²) in [4.78, 5) is 24.0. The van der Waals surface area contributed by atoms with Gasteiger partial charge in [-0.3, -0.25) is 9.69 Å². The number of amides is 3. The molecule has 3 amide bonds. The van der Waals surface area contributed by atoms with Crippen LogP contribution in [0.2, 0.25) is 0 Å². The second-order valence-corrected chi connectivity index (χ2v) is 5.21. The summed E-state index contributed by atoms with van der Waals surface area (Å²) in [6.07, 6.45) is -15.3. The number of halogens is 7. The Morgan fingerprint density at radius 3 is 1.74 bits per heavy atom. The fourth-order valence-corrected chi connectivity index (χ4v) is 1.75. The Balaban J connectivity index is 0.000000516. The minimum absolute atomic E-state index is 0.241. The molecule has 0 aliphatic rings. The first-order valence-electron chi connectivity index (χ1n) is 7.22. The van der Waals surface area contributed by atoms with Gasteiger partial charge in [-0.25, -0.2) is 9.18 Å². The van der Waals surface area contributed by atoms with Gasteiger partial charge < -0.3 is 10.5 Å². The minimum atomic E-state index is -5.63. The maximum Gasteiger partial charge on any atom is 0.423 e. The third kappa shape index (κ3) is 8.24. The number of imide groups is 1. The standard InChI is InChI=1S/C11H14N2O2.C4H3F7O/c1-8(2)13(11(12)15)10(14)9-6-4-3-5-7-9;5-1-12-2(3(6,7)8)4(9,10)11/h3-8H,1-2H3,(H2,12,15);2H,1H2. The highest BCUT2D eigenvalue weighted by atomic mass is 19.4. The number of hydrogen-bond donors (Lipinski definition) is 1. The maximum atomic E-state index is 11.9. The Kier molecular flexibility index (Phi) is 9.21. The Bertz CT molecular complexity index is 590. The molecule has 0 aliphatic heterocycles. The Hall–Kier alpha value is -2.37. The van der Waals surface area contributed by atoms with Crippen molar-refractivity contribution in [3.63, 3.8) is 0 Å². The number of urea groups is 1. The molecular weight excluding hydrogens is 389 g/mol. The SMILES string of the molecule is CC(C)N(C(N)=O)C(=O)c1ccccc1.FCOC(C(F)(F)F)C(F)(F)F. The zero-order chi connectivity index (χ0) is 21.4. The lowest BCUT2D eigenvalue weighted by atomic mass is 10.2. The van der Waals surface area contributed by atoms with Gasteiger partial charge in [0, 0.05) is 11.6 Å². The molecule has 1 aromatic carbocycles. The first kappa shape index (κ1) is 24.6. The molecule has 1 aromatic rings. The molecule has 154 valence electrons. The van der Waals surface area contributed by atoms with Crippen molar-refractivity contribution in [3.8, 4) is 0 Å². The predicted octanol–water partition coefficient (Wildman–Crippen LogP) is 4.04. The zero-order valence-electron chi connectivity index (χ0n) is 14.1. The zero-order valence-corrected chi connectivity index (χ0v) is 14.1. The number of nitrogens with zero attached hydrogens (tertiary/aromatic N) is 1. The van der Waals surface area contributed by atoms with Crippen molar-refractivity contribution in [2.75, 3.05) is 6.86 Å². The van der Waals surface area contributed by atoms with E-state index in [0.29, 0.717) is 5.56 Å². The Morgan fingerprint density at radius 1 is 1.04 bits per heavy atom. The van der Waals surface area contributed by atoms with E-state index in [1.165, 1.54) is 0 Å². The van der Waals surface area contributed by atoms with Crippen LogP contribution in [0.5, 0.6) is 0 Å². The average molecular weight is 406 g/mol.